The Balaban J connectivity index is 1.66. The predicted molar refractivity (Wildman–Crippen MR) is 105 cm³/mol. The number of carboxylic acids is 1. The predicted octanol–water partition coefficient (Wildman–Crippen LogP) is 1.66. The van der Waals surface area contributed by atoms with Gasteiger partial charge in [0.1, 0.15) is 6.54 Å². The molecule has 2 aromatic rings. The lowest BCUT2D eigenvalue weighted by molar-refractivity contribution is -0.137. The fraction of sp³-hybridized carbons (Fsp3) is 0.273. The van der Waals surface area contributed by atoms with Crippen LogP contribution in [0.2, 0.25) is 0 Å². The normalized spacial score (nSPS) is 15.8. The molecule has 2 N–H and O–H groups in total. The van der Waals surface area contributed by atoms with E-state index in [-0.39, 0.29) is 30.7 Å². The van der Waals surface area contributed by atoms with E-state index in [9.17, 15) is 19.2 Å². The molecular weight excluding hydrogens is 372 g/mol. The number of rotatable bonds is 8. The Morgan fingerprint density at radius 3 is 2.28 bits per heavy atom. The summed E-state index contributed by atoms with van der Waals surface area (Å²) in [6, 6.07) is 16.3. The molecule has 0 bridgehead atoms. The van der Waals surface area contributed by atoms with Crippen molar-refractivity contribution < 1.29 is 24.3 Å². The molecule has 1 aliphatic rings. The number of nitrogens with one attached hydrogen (secondary N) is 1. The second-order valence-electron chi connectivity index (χ2n) is 7.07. The van der Waals surface area contributed by atoms with Crippen LogP contribution in [-0.4, -0.2) is 46.8 Å². The smallest absolute Gasteiger partial charge is 0.323 e. The molecule has 1 unspecified atom stereocenters. The lowest BCUT2D eigenvalue weighted by Crippen LogP contribution is -2.37. The molecule has 0 aromatic heterocycles. The quantitative estimate of drug-likeness (QED) is 0.663. The Hall–Kier alpha value is -3.48. The number of carbonyl (C=O) groups is 4. The minimum absolute atomic E-state index is 0.172. The molecule has 0 radical (unpaired) electrons. The molecule has 7 nitrogen and oxygen atoms in total. The van der Waals surface area contributed by atoms with E-state index < -0.39 is 11.9 Å². The lowest BCUT2D eigenvalue weighted by Gasteiger charge is -2.21. The Morgan fingerprint density at radius 1 is 1.00 bits per heavy atom. The van der Waals surface area contributed by atoms with Crippen LogP contribution in [0.25, 0.3) is 0 Å². The summed E-state index contributed by atoms with van der Waals surface area (Å²) in [5.74, 6) is -2.36. The van der Waals surface area contributed by atoms with Crippen molar-refractivity contribution >= 4 is 23.7 Å². The van der Waals surface area contributed by atoms with E-state index in [0.29, 0.717) is 24.9 Å². The monoisotopic (exact) mass is 394 g/mol. The third-order valence-electron chi connectivity index (χ3n) is 4.87. The topological polar surface area (TPSA) is 104 Å². The first-order chi connectivity index (χ1) is 13.9. The zero-order valence-electron chi connectivity index (χ0n) is 15.8. The number of aliphatic carboxylic acids is 1. The van der Waals surface area contributed by atoms with Gasteiger partial charge in [-0.25, -0.2) is 0 Å². The maximum atomic E-state index is 12.8. The van der Waals surface area contributed by atoms with Gasteiger partial charge in [-0.05, 0) is 36.1 Å². The molecule has 29 heavy (non-hydrogen) atoms. The standard InChI is InChI=1S/C22H22N2O5/c25-19-13-18(21(28)23-19)12-16-6-8-17(9-7-16)22(29)24(14-20(26)27)11-10-15-4-2-1-3-5-15/h1-9,18H,10-14H2,(H,26,27)(H,23,25,28). The summed E-state index contributed by atoms with van der Waals surface area (Å²) in [7, 11) is 0. The summed E-state index contributed by atoms with van der Waals surface area (Å²) in [6.07, 6.45) is 1.15. The SMILES string of the molecule is O=C(O)CN(CCc1ccccc1)C(=O)c1ccc(CC2CC(=O)NC2=O)cc1. The minimum Gasteiger partial charge on any atom is -0.480 e. The van der Waals surface area contributed by atoms with E-state index in [0.717, 1.165) is 11.1 Å². The average molecular weight is 394 g/mol. The highest BCUT2D eigenvalue weighted by atomic mass is 16.4. The second kappa shape index (κ2) is 9.14. The largest absolute Gasteiger partial charge is 0.480 e. The van der Waals surface area contributed by atoms with Gasteiger partial charge in [-0.1, -0.05) is 42.5 Å². The highest BCUT2D eigenvalue weighted by Gasteiger charge is 2.30. The lowest BCUT2D eigenvalue weighted by atomic mass is 9.97. The maximum Gasteiger partial charge on any atom is 0.323 e. The van der Waals surface area contributed by atoms with Gasteiger partial charge in [-0.3, -0.25) is 24.5 Å². The third kappa shape index (κ3) is 5.51. The summed E-state index contributed by atoms with van der Waals surface area (Å²) in [5, 5.41) is 11.5. The molecule has 1 atom stereocenters. The van der Waals surface area contributed by atoms with E-state index in [1.807, 2.05) is 30.3 Å². The van der Waals surface area contributed by atoms with Gasteiger partial charge in [0.2, 0.25) is 11.8 Å². The van der Waals surface area contributed by atoms with Crippen molar-refractivity contribution in [3.63, 3.8) is 0 Å². The Morgan fingerprint density at radius 2 is 1.69 bits per heavy atom. The summed E-state index contributed by atoms with van der Waals surface area (Å²) in [6.45, 7) is -0.0843. The number of carbonyl (C=O) groups excluding carboxylic acids is 3. The van der Waals surface area contributed by atoms with Gasteiger partial charge < -0.3 is 10.0 Å². The van der Waals surface area contributed by atoms with Crippen molar-refractivity contribution in [3.8, 4) is 0 Å². The van der Waals surface area contributed by atoms with Crippen molar-refractivity contribution in [2.24, 2.45) is 5.92 Å². The highest BCUT2D eigenvalue weighted by molar-refractivity contribution is 6.03. The van der Waals surface area contributed by atoms with E-state index in [2.05, 4.69) is 5.32 Å². The summed E-state index contributed by atoms with van der Waals surface area (Å²) < 4.78 is 0. The van der Waals surface area contributed by atoms with Gasteiger partial charge in [0.25, 0.3) is 5.91 Å². The Labute approximate surface area is 168 Å². The van der Waals surface area contributed by atoms with Crippen LogP contribution < -0.4 is 5.32 Å². The maximum absolute atomic E-state index is 12.8. The van der Waals surface area contributed by atoms with E-state index >= 15 is 0 Å². The van der Waals surface area contributed by atoms with Crippen molar-refractivity contribution in [1.82, 2.24) is 10.2 Å². The van der Waals surface area contributed by atoms with Crippen LogP contribution in [0, 0.1) is 5.92 Å². The van der Waals surface area contributed by atoms with E-state index in [4.69, 9.17) is 5.11 Å². The van der Waals surface area contributed by atoms with Crippen LogP contribution in [0.1, 0.15) is 27.9 Å². The molecule has 1 saturated heterocycles. The highest BCUT2D eigenvalue weighted by Crippen LogP contribution is 2.18. The molecule has 3 rings (SSSR count). The van der Waals surface area contributed by atoms with Gasteiger partial charge >= 0.3 is 5.97 Å². The number of benzene rings is 2. The van der Waals surface area contributed by atoms with Gasteiger partial charge in [0.05, 0.1) is 5.92 Å². The molecule has 3 amide bonds. The van der Waals surface area contributed by atoms with Gasteiger partial charge in [0, 0.05) is 18.5 Å². The molecule has 150 valence electrons. The first kappa shape index (κ1) is 20.3. The summed E-state index contributed by atoms with van der Waals surface area (Å²) >= 11 is 0. The summed E-state index contributed by atoms with van der Waals surface area (Å²) in [4.78, 5) is 48.3. The van der Waals surface area contributed by atoms with Gasteiger partial charge in [-0.15, -0.1) is 0 Å². The second-order valence-corrected chi connectivity index (χ2v) is 7.07. The first-order valence-corrected chi connectivity index (χ1v) is 9.40. The Kier molecular flexibility index (Phi) is 6.39. The molecule has 1 fully saturated rings. The molecule has 0 spiro atoms. The van der Waals surface area contributed by atoms with Gasteiger partial charge in [-0.2, -0.15) is 0 Å². The molecule has 7 heteroatoms. The van der Waals surface area contributed by atoms with E-state index in [1.165, 1.54) is 4.90 Å². The molecule has 1 heterocycles. The molecule has 2 aromatic carbocycles. The summed E-state index contributed by atoms with van der Waals surface area (Å²) in [5.41, 5.74) is 2.25. The molecule has 1 aliphatic heterocycles. The molecule has 0 saturated carbocycles. The zero-order valence-corrected chi connectivity index (χ0v) is 15.8. The van der Waals surface area contributed by atoms with Crippen molar-refractivity contribution in [1.29, 1.82) is 0 Å². The van der Waals surface area contributed by atoms with Crippen molar-refractivity contribution in [2.75, 3.05) is 13.1 Å². The minimum atomic E-state index is -1.07. The van der Waals surface area contributed by atoms with Crippen LogP contribution in [0.5, 0.6) is 0 Å². The number of imide groups is 1. The first-order valence-electron chi connectivity index (χ1n) is 9.40. The van der Waals surface area contributed by atoms with Crippen LogP contribution in [0.3, 0.4) is 0 Å². The number of nitrogens with zero attached hydrogens (tertiary/aromatic N) is 1. The third-order valence-corrected chi connectivity index (χ3v) is 4.87. The fourth-order valence-corrected chi connectivity index (χ4v) is 3.35. The fourth-order valence-electron chi connectivity index (χ4n) is 3.35. The molecular formula is C22H22N2O5. The van der Waals surface area contributed by atoms with Crippen molar-refractivity contribution in [3.05, 3.63) is 71.3 Å². The van der Waals surface area contributed by atoms with Crippen LogP contribution in [-0.2, 0) is 27.2 Å². The zero-order chi connectivity index (χ0) is 20.8. The number of amides is 3. The van der Waals surface area contributed by atoms with E-state index in [1.54, 1.807) is 24.3 Å². The average Bonchev–Trinajstić information content (AvgIpc) is 3.02. The Bertz CT molecular complexity index is 909. The number of hydrogen-bond acceptors (Lipinski definition) is 4. The number of hydrogen-bond donors (Lipinski definition) is 2. The van der Waals surface area contributed by atoms with Crippen LogP contribution >= 0.6 is 0 Å². The van der Waals surface area contributed by atoms with Crippen LogP contribution in [0.15, 0.2) is 54.6 Å². The van der Waals surface area contributed by atoms with Crippen molar-refractivity contribution in [2.45, 2.75) is 19.3 Å². The molecule has 0 aliphatic carbocycles. The van der Waals surface area contributed by atoms with Gasteiger partial charge in [0.15, 0.2) is 0 Å². The number of carboxylic acid groups (broad SMARTS) is 1. The van der Waals surface area contributed by atoms with Crippen LogP contribution in [0.4, 0.5) is 0 Å².